The van der Waals surface area contributed by atoms with Crippen molar-refractivity contribution in [3.63, 3.8) is 0 Å². The third-order valence-corrected chi connectivity index (χ3v) is 5.65. The van der Waals surface area contributed by atoms with Crippen molar-refractivity contribution in [1.82, 2.24) is 10.2 Å². The highest BCUT2D eigenvalue weighted by molar-refractivity contribution is 8.01. The average Bonchev–Trinajstić information content (AvgIpc) is 3.11. The molecule has 2 aromatic carbocycles. The van der Waals surface area contributed by atoms with Gasteiger partial charge in [-0.1, -0.05) is 34.7 Å². The van der Waals surface area contributed by atoms with Crippen LogP contribution < -0.4 is 14.8 Å². The molecular formula is C18H18ClN3O2S2. The highest BCUT2D eigenvalue weighted by Crippen LogP contribution is 2.28. The van der Waals surface area contributed by atoms with Crippen molar-refractivity contribution in [2.75, 3.05) is 24.8 Å². The summed E-state index contributed by atoms with van der Waals surface area (Å²) in [5.41, 5.74) is 0.954. The van der Waals surface area contributed by atoms with Crippen LogP contribution in [0.2, 0.25) is 5.02 Å². The summed E-state index contributed by atoms with van der Waals surface area (Å²) in [6, 6.07) is 15.1. The van der Waals surface area contributed by atoms with E-state index in [1.165, 1.54) is 11.3 Å². The topological polar surface area (TPSA) is 56.3 Å². The Bertz CT molecular complexity index is 810. The zero-order valence-electron chi connectivity index (χ0n) is 14.1. The monoisotopic (exact) mass is 407 g/mol. The van der Waals surface area contributed by atoms with Gasteiger partial charge in [0, 0.05) is 16.5 Å². The highest BCUT2D eigenvalue weighted by atomic mass is 35.5. The molecule has 8 heteroatoms. The van der Waals surface area contributed by atoms with E-state index in [-0.39, 0.29) is 0 Å². The molecule has 136 valence electrons. The summed E-state index contributed by atoms with van der Waals surface area (Å²) in [5.74, 6) is 2.58. The molecule has 0 bridgehead atoms. The van der Waals surface area contributed by atoms with Gasteiger partial charge in [-0.2, -0.15) is 0 Å². The van der Waals surface area contributed by atoms with E-state index in [9.17, 15) is 0 Å². The Hall–Kier alpha value is -1.96. The smallest absolute Gasteiger partial charge is 0.210 e. The van der Waals surface area contributed by atoms with Crippen LogP contribution in [-0.2, 0) is 0 Å². The molecule has 0 unspecified atom stereocenters. The van der Waals surface area contributed by atoms with Crippen LogP contribution in [0, 0.1) is 0 Å². The minimum atomic E-state index is 0.657. The van der Waals surface area contributed by atoms with Gasteiger partial charge >= 0.3 is 0 Å². The molecule has 0 fully saturated rings. The van der Waals surface area contributed by atoms with E-state index in [0.29, 0.717) is 11.6 Å². The number of thioether (sulfide) groups is 1. The quantitative estimate of drug-likeness (QED) is 0.373. The highest BCUT2D eigenvalue weighted by Gasteiger charge is 2.05. The van der Waals surface area contributed by atoms with Crippen LogP contribution >= 0.6 is 34.7 Å². The van der Waals surface area contributed by atoms with E-state index in [4.69, 9.17) is 21.1 Å². The predicted octanol–water partition coefficient (Wildman–Crippen LogP) is 5.50. The van der Waals surface area contributed by atoms with Gasteiger partial charge in [0.25, 0.3) is 0 Å². The van der Waals surface area contributed by atoms with Crippen LogP contribution in [0.5, 0.6) is 11.5 Å². The van der Waals surface area contributed by atoms with Crippen molar-refractivity contribution < 1.29 is 9.47 Å². The summed E-state index contributed by atoms with van der Waals surface area (Å²) in [5, 5.41) is 13.1. The Morgan fingerprint density at radius 1 is 1.04 bits per heavy atom. The van der Waals surface area contributed by atoms with Gasteiger partial charge in [-0.05, 0) is 55.0 Å². The number of ether oxygens (including phenoxy) is 2. The van der Waals surface area contributed by atoms with Crippen molar-refractivity contribution in [3.05, 3.63) is 53.6 Å². The molecular weight excluding hydrogens is 390 g/mol. The van der Waals surface area contributed by atoms with Crippen LogP contribution in [0.3, 0.4) is 0 Å². The van der Waals surface area contributed by atoms with E-state index < -0.39 is 0 Å². The van der Waals surface area contributed by atoms with Crippen LogP contribution in [0.4, 0.5) is 10.8 Å². The van der Waals surface area contributed by atoms with Gasteiger partial charge in [-0.15, -0.1) is 10.2 Å². The van der Waals surface area contributed by atoms with Gasteiger partial charge in [-0.3, -0.25) is 0 Å². The van der Waals surface area contributed by atoms with Crippen molar-refractivity contribution >= 4 is 45.5 Å². The molecule has 0 amide bonds. The molecule has 26 heavy (non-hydrogen) atoms. The molecule has 0 spiro atoms. The van der Waals surface area contributed by atoms with Crippen LogP contribution in [-0.4, -0.2) is 29.7 Å². The van der Waals surface area contributed by atoms with Crippen molar-refractivity contribution in [2.24, 2.45) is 0 Å². The number of halogens is 1. The SMILES string of the molecule is COc1ccc(Nc2nnc(SCCCOc3ccc(Cl)cc3)s2)cc1. The fourth-order valence-electron chi connectivity index (χ4n) is 2.06. The Morgan fingerprint density at radius 2 is 1.77 bits per heavy atom. The number of anilines is 2. The number of methoxy groups -OCH3 is 1. The Kier molecular flexibility index (Phi) is 6.99. The van der Waals surface area contributed by atoms with Gasteiger partial charge < -0.3 is 14.8 Å². The Labute approximate surface area is 165 Å². The third kappa shape index (κ3) is 5.79. The first kappa shape index (κ1) is 18.8. The molecule has 3 aromatic rings. The van der Waals surface area contributed by atoms with Gasteiger partial charge in [-0.25, -0.2) is 0 Å². The van der Waals surface area contributed by atoms with Crippen molar-refractivity contribution in [3.8, 4) is 11.5 Å². The molecule has 0 aliphatic heterocycles. The molecule has 0 aliphatic carbocycles. The van der Waals surface area contributed by atoms with E-state index in [0.717, 1.165) is 38.8 Å². The molecule has 1 heterocycles. The Balaban J connectivity index is 1.38. The van der Waals surface area contributed by atoms with Crippen LogP contribution in [0.1, 0.15) is 6.42 Å². The lowest BCUT2D eigenvalue weighted by Gasteiger charge is -2.05. The molecule has 5 nitrogen and oxygen atoms in total. The molecule has 0 saturated carbocycles. The summed E-state index contributed by atoms with van der Waals surface area (Å²) < 4.78 is 11.8. The third-order valence-electron chi connectivity index (χ3n) is 3.34. The van der Waals surface area contributed by atoms with E-state index >= 15 is 0 Å². The molecule has 0 saturated heterocycles. The zero-order valence-corrected chi connectivity index (χ0v) is 16.5. The maximum Gasteiger partial charge on any atom is 0.210 e. The van der Waals surface area contributed by atoms with Gasteiger partial charge in [0.05, 0.1) is 13.7 Å². The first-order valence-electron chi connectivity index (χ1n) is 7.99. The summed E-state index contributed by atoms with van der Waals surface area (Å²) >= 11 is 9.06. The predicted molar refractivity (Wildman–Crippen MR) is 108 cm³/mol. The number of rotatable bonds is 9. The van der Waals surface area contributed by atoms with E-state index in [1.807, 2.05) is 48.5 Å². The molecule has 0 radical (unpaired) electrons. The zero-order chi connectivity index (χ0) is 18.2. The first-order chi connectivity index (χ1) is 12.7. The number of hydrogen-bond donors (Lipinski definition) is 1. The van der Waals surface area contributed by atoms with E-state index in [1.54, 1.807) is 18.9 Å². The van der Waals surface area contributed by atoms with E-state index in [2.05, 4.69) is 15.5 Å². The van der Waals surface area contributed by atoms with Gasteiger partial charge in [0.1, 0.15) is 11.5 Å². The number of nitrogens with one attached hydrogen (secondary N) is 1. The second-order valence-corrected chi connectivity index (χ2v) is 7.99. The molecule has 1 N–H and O–H groups in total. The standard InChI is InChI=1S/C18H18ClN3O2S2/c1-23-15-9-5-14(6-10-15)20-17-21-22-18(26-17)25-12-2-11-24-16-7-3-13(19)4-8-16/h3-10H,2,11-12H2,1H3,(H,20,21). The summed E-state index contributed by atoms with van der Waals surface area (Å²) in [4.78, 5) is 0. The summed E-state index contributed by atoms with van der Waals surface area (Å²) in [6.07, 6.45) is 0.925. The lowest BCUT2D eigenvalue weighted by molar-refractivity contribution is 0.319. The summed E-state index contributed by atoms with van der Waals surface area (Å²) in [6.45, 7) is 0.657. The van der Waals surface area contributed by atoms with Crippen LogP contribution in [0.25, 0.3) is 0 Å². The molecule has 0 aliphatic rings. The van der Waals surface area contributed by atoms with Crippen molar-refractivity contribution in [1.29, 1.82) is 0 Å². The fraction of sp³-hybridized carbons (Fsp3) is 0.222. The number of hydrogen-bond acceptors (Lipinski definition) is 7. The maximum absolute atomic E-state index is 5.85. The first-order valence-corrected chi connectivity index (χ1v) is 10.2. The largest absolute Gasteiger partial charge is 0.497 e. The molecule has 3 rings (SSSR count). The van der Waals surface area contributed by atoms with Crippen LogP contribution in [0.15, 0.2) is 52.9 Å². The molecule has 1 aromatic heterocycles. The minimum absolute atomic E-state index is 0.657. The lowest BCUT2D eigenvalue weighted by Crippen LogP contribution is -1.98. The average molecular weight is 408 g/mol. The Morgan fingerprint density at radius 3 is 2.50 bits per heavy atom. The van der Waals surface area contributed by atoms with Gasteiger partial charge in [0.15, 0.2) is 4.34 Å². The minimum Gasteiger partial charge on any atom is -0.497 e. The summed E-state index contributed by atoms with van der Waals surface area (Å²) in [7, 11) is 1.65. The lowest BCUT2D eigenvalue weighted by atomic mass is 10.3. The number of benzene rings is 2. The van der Waals surface area contributed by atoms with Gasteiger partial charge in [0.2, 0.25) is 5.13 Å². The maximum atomic E-state index is 5.85. The second-order valence-electron chi connectivity index (χ2n) is 5.23. The molecule has 0 atom stereocenters. The number of nitrogens with zero attached hydrogens (tertiary/aromatic N) is 2. The fourth-order valence-corrected chi connectivity index (χ4v) is 3.94. The second kappa shape index (κ2) is 9.66. The van der Waals surface area contributed by atoms with Crippen molar-refractivity contribution in [2.45, 2.75) is 10.8 Å². The number of aromatic nitrogens is 2. The normalized spacial score (nSPS) is 10.5.